The van der Waals surface area contributed by atoms with Crippen molar-refractivity contribution < 1.29 is 9.72 Å². The average molecular weight is 336 g/mol. The van der Waals surface area contributed by atoms with Crippen LogP contribution < -0.4 is 11.1 Å². The maximum Gasteiger partial charge on any atom is 0.283 e. The van der Waals surface area contributed by atoms with Crippen LogP contribution in [0.5, 0.6) is 0 Å². The number of nitrogens with two attached hydrogens (primary N) is 1. The summed E-state index contributed by atoms with van der Waals surface area (Å²) >= 11 is 5.72. The van der Waals surface area contributed by atoms with Gasteiger partial charge in [0, 0.05) is 17.6 Å². The van der Waals surface area contributed by atoms with Crippen LogP contribution in [0.15, 0.2) is 18.2 Å². The summed E-state index contributed by atoms with van der Waals surface area (Å²) in [7, 11) is 0. The van der Waals surface area contributed by atoms with Gasteiger partial charge in [-0.1, -0.05) is 25.4 Å². The van der Waals surface area contributed by atoms with E-state index in [1.54, 1.807) is 0 Å². The van der Waals surface area contributed by atoms with Crippen LogP contribution in [0.4, 0.5) is 5.69 Å². The number of hydrogen-bond donors (Lipinski definition) is 2. The van der Waals surface area contributed by atoms with Crippen molar-refractivity contribution in [2.75, 3.05) is 6.54 Å². The number of carbonyl (C=O) groups is 1. The van der Waals surface area contributed by atoms with Crippen LogP contribution in [0.1, 0.15) is 37.0 Å². The van der Waals surface area contributed by atoms with Gasteiger partial charge in [-0.2, -0.15) is 0 Å². The van der Waals surface area contributed by atoms with E-state index >= 15 is 0 Å². The third-order valence-corrected chi connectivity index (χ3v) is 3.76. The molecule has 8 heteroatoms. The average Bonchev–Trinajstić information content (AvgIpc) is 2.44. The first kappa shape index (κ1) is 19.6. The Kier molecular flexibility index (Phi) is 7.63. The summed E-state index contributed by atoms with van der Waals surface area (Å²) in [6.45, 7) is 4.09. The van der Waals surface area contributed by atoms with Gasteiger partial charge in [-0.3, -0.25) is 14.9 Å². The van der Waals surface area contributed by atoms with Gasteiger partial charge in [-0.15, -0.1) is 12.4 Å². The molecule has 0 radical (unpaired) electrons. The van der Waals surface area contributed by atoms with E-state index in [2.05, 4.69) is 5.32 Å². The lowest BCUT2D eigenvalue weighted by atomic mass is 9.92. The molecule has 3 N–H and O–H groups in total. The Morgan fingerprint density at radius 1 is 1.43 bits per heavy atom. The molecule has 0 aromatic heterocycles. The Morgan fingerprint density at radius 3 is 2.43 bits per heavy atom. The van der Waals surface area contributed by atoms with Gasteiger partial charge < -0.3 is 11.1 Å². The third kappa shape index (κ3) is 4.56. The van der Waals surface area contributed by atoms with Crippen molar-refractivity contribution in [2.45, 2.75) is 32.2 Å². The van der Waals surface area contributed by atoms with Crippen LogP contribution in [0.2, 0.25) is 5.02 Å². The first-order valence-electron chi connectivity index (χ1n) is 6.35. The van der Waals surface area contributed by atoms with Crippen molar-refractivity contribution in [1.82, 2.24) is 5.32 Å². The molecule has 0 heterocycles. The van der Waals surface area contributed by atoms with Crippen LogP contribution in [0, 0.1) is 10.1 Å². The van der Waals surface area contributed by atoms with Crippen molar-refractivity contribution in [3.8, 4) is 0 Å². The molecule has 6 nitrogen and oxygen atoms in total. The zero-order valence-corrected chi connectivity index (χ0v) is 13.5. The fourth-order valence-electron chi connectivity index (χ4n) is 1.92. The molecule has 0 bridgehead atoms. The Balaban J connectivity index is 0.00000400. The Hall–Kier alpha value is -1.37. The third-order valence-electron chi connectivity index (χ3n) is 3.52. The molecule has 0 aliphatic carbocycles. The fourth-order valence-corrected chi connectivity index (χ4v) is 2.09. The van der Waals surface area contributed by atoms with Gasteiger partial charge in [-0.05, 0) is 25.0 Å². The van der Waals surface area contributed by atoms with E-state index in [1.165, 1.54) is 18.2 Å². The van der Waals surface area contributed by atoms with E-state index in [1.807, 2.05) is 13.8 Å². The molecule has 1 aromatic carbocycles. The van der Waals surface area contributed by atoms with Crippen LogP contribution in [-0.2, 0) is 0 Å². The van der Waals surface area contributed by atoms with E-state index in [4.69, 9.17) is 17.3 Å². The summed E-state index contributed by atoms with van der Waals surface area (Å²) in [6, 6.07) is 3.96. The number of carbonyl (C=O) groups excluding carboxylic acids is 1. The lowest BCUT2D eigenvalue weighted by molar-refractivity contribution is -0.385. The number of nitrogens with one attached hydrogen (secondary N) is 1. The standard InChI is InChI=1S/C13H18ClN3O3.ClH/c1-3-13(4-2,8-15)16-12(18)10-6-5-9(14)7-11(10)17(19)20;/h5-7H,3-4,8,15H2,1-2H3,(H,16,18);1H. The van der Waals surface area contributed by atoms with Gasteiger partial charge >= 0.3 is 0 Å². The molecule has 1 rings (SSSR count). The highest BCUT2D eigenvalue weighted by molar-refractivity contribution is 6.31. The highest BCUT2D eigenvalue weighted by Gasteiger charge is 2.29. The number of nitro benzene ring substituents is 1. The number of hydrogen-bond acceptors (Lipinski definition) is 4. The fraction of sp³-hybridized carbons (Fsp3) is 0.462. The summed E-state index contributed by atoms with van der Waals surface area (Å²) in [6.07, 6.45) is 1.29. The van der Waals surface area contributed by atoms with Crippen LogP contribution >= 0.6 is 24.0 Å². The second-order valence-electron chi connectivity index (χ2n) is 4.56. The largest absolute Gasteiger partial charge is 0.345 e. The molecule has 0 atom stereocenters. The topological polar surface area (TPSA) is 98.3 Å². The maximum atomic E-state index is 12.3. The molecule has 1 amide bonds. The quantitative estimate of drug-likeness (QED) is 0.616. The highest BCUT2D eigenvalue weighted by Crippen LogP contribution is 2.24. The normalized spacial score (nSPS) is 10.7. The molecule has 0 saturated carbocycles. The zero-order valence-electron chi connectivity index (χ0n) is 11.9. The van der Waals surface area contributed by atoms with E-state index in [0.29, 0.717) is 12.8 Å². The molecule has 1 aromatic rings. The number of rotatable bonds is 6. The summed E-state index contributed by atoms with van der Waals surface area (Å²) in [5.41, 5.74) is 4.83. The minimum Gasteiger partial charge on any atom is -0.345 e. The van der Waals surface area contributed by atoms with Crippen LogP contribution in [0.3, 0.4) is 0 Å². The van der Waals surface area contributed by atoms with Crippen LogP contribution in [-0.4, -0.2) is 22.9 Å². The predicted molar refractivity (Wildman–Crippen MR) is 85.2 cm³/mol. The van der Waals surface area contributed by atoms with E-state index < -0.39 is 16.4 Å². The molecule has 0 saturated heterocycles. The minimum atomic E-state index is -0.622. The SMILES string of the molecule is CCC(CC)(CN)NC(=O)c1ccc(Cl)cc1[N+](=O)[O-].Cl. The van der Waals surface area contributed by atoms with Gasteiger partial charge in [0.15, 0.2) is 0 Å². The second-order valence-corrected chi connectivity index (χ2v) is 5.00. The molecule has 0 aliphatic rings. The van der Waals surface area contributed by atoms with Gasteiger partial charge in [0.2, 0.25) is 0 Å². The molecule has 0 fully saturated rings. The Morgan fingerprint density at radius 2 is 2.00 bits per heavy atom. The molecule has 21 heavy (non-hydrogen) atoms. The molecular weight excluding hydrogens is 317 g/mol. The predicted octanol–water partition coefficient (Wildman–Crippen LogP) is 2.92. The van der Waals surface area contributed by atoms with Gasteiger partial charge in [0.25, 0.3) is 11.6 Å². The first-order chi connectivity index (χ1) is 9.39. The molecule has 118 valence electrons. The molecular formula is C13H19Cl2N3O3. The summed E-state index contributed by atoms with van der Waals surface area (Å²) in [4.78, 5) is 22.6. The van der Waals surface area contributed by atoms with Crippen molar-refractivity contribution >= 4 is 35.6 Å². The Bertz CT molecular complexity index is 511. The number of benzene rings is 1. The van der Waals surface area contributed by atoms with Crippen molar-refractivity contribution in [2.24, 2.45) is 5.73 Å². The molecule has 0 aliphatic heterocycles. The second kappa shape index (κ2) is 8.17. The lowest BCUT2D eigenvalue weighted by Gasteiger charge is -2.31. The summed E-state index contributed by atoms with van der Waals surface area (Å²) < 4.78 is 0. The number of amides is 1. The van der Waals surface area contributed by atoms with Crippen LogP contribution in [0.25, 0.3) is 0 Å². The van der Waals surface area contributed by atoms with E-state index in [-0.39, 0.29) is 35.2 Å². The monoisotopic (exact) mass is 335 g/mol. The lowest BCUT2D eigenvalue weighted by Crippen LogP contribution is -2.52. The van der Waals surface area contributed by atoms with E-state index in [0.717, 1.165) is 0 Å². The number of nitro groups is 1. The molecule has 0 unspecified atom stereocenters. The highest BCUT2D eigenvalue weighted by atomic mass is 35.5. The van der Waals surface area contributed by atoms with Crippen molar-refractivity contribution in [3.63, 3.8) is 0 Å². The molecule has 0 spiro atoms. The van der Waals surface area contributed by atoms with Crippen molar-refractivity contribution in [3.05, 3.63) is 38.9 Å². The number of nitrogens with zero attached hydrogens (tertiary/aromatic N) is 1. The van der Waals surface area contributed by atoms with Gasteiger partial charge in [-0.25, -0.2) is 0 Å². The minimum absolute atomic E-state index is 0. The van der Waals surface area contributed by atoms with Crippen molar-refractivity contribution in [1.29, 1.82) is 0 Å². The Labute approximate surface area is 134 Å². The number of halogens is 2. The van der Waals surface area contributed by atoms with Gasteiger partial charge in [0.1, 0.15) is 5.56 Å². The summed E-state index contributed by atoms with van der Waals surface area (Å²) in [5, 5.41) is 14.0. The first-order valence-corrected chi connectivity index (χ1v) is 6.73. The van der Waals surface area contributed by atoms with Gasteiger partial charge in [0.05, 0.1) is 10.5 Å². The zero-order chi connectivity index (χ0) is 15.3. The summed E-state index contributed by atoms with van der Waals surface area (Å²) in [5.74, 6) is -0.512. The smallest absolute Gasteiger partial charge is 0.283 e. The van der Waals surface area contributed by atoms with E-state index in [9.17, 15) is 14.9 Å². The maximum absolute atomic E-state index is 12.3.